The van der Waals surface area contributed by atoms with Crippen LogP contribution in [0.25, 0.3) is 0 Å². The molecule has 7 N–H and O–H groups in total. The monoisotopic (exact) mass is 343 g/mol. The van der Waals surface area contributed by atoms with Gasteiger partial charge in [-0.3, -0.25) is 14.9 Å². The highest BCUT2D eigenvalue weighted by Crippen LogP contribution is 2.11. The zero-order valence-electron chi connectivity index (χ0n) is 12.7. The smallest absolute Gasteiger partial charge is 0.321 e. The van der Waals surface area contributed by atoms with Crippen LogP contribution in [-0.4, -0.2) is 79.9 Å². The van der Waals surface area contributed by atoms with Crippen molar-refractivity contribution in [2.45, 2.75) is 30.8 Å². The first-order chi connectivity index (χ1) is 11.3. The number of carboxylic acids is 1. The number of aliphatic hydroxyl groups is 4. The fourth-order valence-electron chi connectivity index (χ4n) is 1.95. The Morgan fingerprint density at radius 3 is 2.17 bits per heavy atom. The third kappa shape index (κ3) is 5.87. The van der Waals surface area contributed by atoms with E-state index in [1.807, 2.05) is 0 Å². The molecule has 0 bridgehead atoms. The minimum Gasteiger partial charge on any atom is -0.508 e. The van der Waals surface area contributed by atoms with Crippen LogP contribution in [0.5, 0.6) is 5.75 Å². The van der Waals surface area contributed by atoms with Gasteiger partial charge >= 0.3 is 5.97 Å². The standard InChI is InChI=1S/C15H21NO8/c17-7-12(20)14(22)13(21)11(19)6-16-10(15(23)24)5-8-1-3-9(18)4-2-8/h1-4,10,12-14,16-18,20-22H,5-7H2,(H,23,24)/t10-,12+,13+,14+/m0/s1. The molecule has 134 valence electrons. The molecule has 0 fully saturated rings. The van der Waals surface area contributed by atoms with Gasteiger partial charge in [0.25, 0.3) is 0 Å². The summed E-state index contributed by atoms with van der Waals surface area (Å²) in [7, 11) is 0. The molecule has 0 unspecified atom stereocenters. The molecule has 0 radical (unpaired) electrons. The third-order valence-corrected chi connectivity index (χ3v) is 3.43. The molecule has 0 aliphatic heterocycles. The minimum atomic E-state index is -1.96. The molecule has 1 rings (SSSR count). The zero-order chi connectivity index (χ0) is 18.3. The number of Topliss-reactive ketones (excluding diaryl/α,β-unsaturated/α-hetero) is 1. The van der Waals surface area contributed by atoms with Crippen LogP contribution in [0, 0.1) is 0 Å². The molecular weight excluding hydrogens is 322 g/mol. The van der Waals surface area contributed by atoms with E-state index in [4.69, 9.17) is 10.2 Å². The lowest BCUT2D eigenvalue weighted by Crippen LogP contribution is -2.49. The number of hydrogen-bond acceptors (Lipinski definition) is 8. The highest BCUT2D eigenvalue weighted by atomic mass is 16.4. The lowest BCUT2D eigenvalue weighted by Gasteiger charge is -2.21. The number of ketones is 1. The lowest BCUT2D eigenvalue weighted by molar-refractivity contribution is -0.141. The van der Waals surface area contributed by atoms with E-state index in [1.165, 1.54) is 24.3 Å². The van der Waals surface area contributed by atoms with Gasteiger partial charge in [0.2, 0.25) is 0 Å². The Bertz CT molecular complexity index is 547. The van der Waals surface area contributed by atoms with E-state index < -0.39 is 49.3 Å². The summed E-state index contributed by atoms with van der Waals surface area (Å²) in [5.41, 5.74) is 0.608. The number of nitrogens with one attached hydrogen (secondary N) is 1. The minimum absolute atomic E-state index is 0.0286. The van der Waals surface area contributed by atoms with Crippen molar-refractivity contribution in [3.63, 3.8) is 0 Å². The van der Waals surface area contributed by atoms with E-state index in [-0.39, 0.29) is 12.2 Å². The molecule has 4 atom stereocenters. The van der Waals surface area contributed by atoms with Crippen LogP contribution in [-0.2, 0) is 16.0 Å². The molecule has 0 aliphatic rings. The van der Waals surface area contributed by atoms with Crippen molar-refractivity contribution in [3.8, 4) is 5.75 Å². The summed E-state index contributed by atoms with van der Waals surface area (Å²) in [6.07, 6.45) is -5.48. The third-order valence-electron chi connectivity index (χ3n) is 3.43. The normalized spacial score (nSPS) is 16.2. The molecule has 0 aromatic heterocycles. The number of aliphatic hydroxyl groups excluding tert-OH is 4. The molecule has 1 aromatic carbocycles. The van der Waals surface area contributed by atoms with Gasteiger partial charge in [0.05, 0.1) is 13.2 Å². The fraction of sp³-hybridized carbons (Fsp3) is 0.467. The van der Waals surface area contributed by atoms with Gasteiger partial charge in [-0.2, -0.15) is 0 Å². The topological polar surface area (TPSA) is 168 Å². The summed E-state index contributed by atoms with van der Waals surface area (Å²) < 4.78 is 0. The average molecular weight is 343 g/mol. The van der Waals surface area contributed by atoms with Crippen molar-refractivity contribution in [2.24, 2.45) is 0 Å². The van der Waals surface area contributed by atoms with Gasteiger partial charge in [0, 0.05) is 0 Å². The first-order valence-corrected chi connectivity index (χ1v) is 7.18. The molecule has 0 spiro atoms. The summed E-state index contributed by atoms with van der Waals surface area (Å²) in [5, 5.41) is 57.7. The van der Waals surface area contributed by atoms with Gasteiger partial charge < -0.3 is 30.6 Å². The molecule has 0 heterocycles. The van der Waals surface area contributed by atoms with E-state index in [0.29, 0.717) is 5.56 Å². The quantitative estimate of drug-likeness (QED) is 0.245. The molecule has 24 heavy (non-hydrogen) atoms. The highest BCUT2D eigenvalue weighted by molar-refractivity contribution is 5.86. The van der Waals surface area contributed by atoms with E-state index in [1.54, 1.807) is 0 Å². The van der Waals surface area contributed by atoms with Crippen molar-refractivity contribution in [3.05, 3.63) is 29.8 Å². The van der Waals surface area contributed by atoms with Gasteiger partial charge in [0.15, 0.2) is 5.78 Å². The zero-order valence-corrected chi connectivity index (χ0v) is 12.7. The van der Waals surface area contributed by atoms with Crippen molar-refractivity contribution >= 4 is 11.8 Å². The Morgan fingerprint density at radius 2 is 1.67 bits per heavy atom. The van der Waals surface area contributed by atoms with E-state index in [9.17, 15) is 30.0 Å². The summed E-state index contributed by atoms with van der Waals surface area (Å²) in [5.74, 6) is -2.11. The Kier molecular flexibility index (Phi) is 7.75. The van der Waals surface area contributed by atoms with Gasteiger partial charge in [-0.25, -0.2) is 0 Å². The van der Waals surface area contributed by atoms with Crippen molar-refractivity contribution in [2.75, 3.05) is 13.2 Å². The van der Waals surface area contributed by atoms with Crippen LogP contribution >= 0.6 is 0 Å². The number of carbonyl (C=O) groups is 2. The van der Waals surface area contributed by atoms with Crippen LogP contribution in [0.4, 0.5) is 0 Å². The Balaban J connectivity index is 2.61. The maximum atomic E-state index is 11.7. The molecule has 0 amide bonds. The van der Waals surface area contributed by atoms with E-state index in [0.717, 1.165) is 0 Å². The Hall–Kier alpha value is -2.04. The lowest BCUT2D eigenvalue weighted by atomic mass is 10.0. The molecule has 9 nitrogen and oxygen atoms in total. The van der Waals surface area contributed by atoms with Crippen LogP contribution < -0.4 is 5.32 Å². The Labute approximate surface area is 137 Å². The molecule has 0 saturated carbocycles. The summed E-state index contributed by atoms with van der Waals surface area (Å²) in [6.45, 7) is -1.39. The van der Waals surface area contributed by atoms with Crippen LogP contribution in [0.15, 0.2) is 24.3 Å². The second-order valence-electron chi connectivity index (χ2n) is 5.29. The van der Waals surface area contributed by atoms with Crippen LogP contribution in [0.2, 0.25) is 0 Å². The first kappa shape index (κ1) is 20.0. The van der Waals surface area contributed by atoms with Crippen LogP contribution in [0.3, 0.4) is 0 Å². The number of phenols is 1. The SMILES string of the molecule is O=C(O)[C@H](Cc1ccc(O)cc1)NCC(=O)[C@@H](O)[C@H](O)[C@H](O)CO. The van der Waals surface area contributed by atoms with Gasteiger partial charge in [0.1, 0.15) is 30.1 Å². The van der Waals surface area contributed by atoms with Crippen molar-refractivity contribution in [1.82, 2.24) is 5.32 Å². The maximum absolute atomic E-state index is 11.7. The summed E-state index contributed by atoms with van der Waals surface area (Å²) in [4.78, 5) is 23.0. The fourth-order valence-corrected chi connectivity index (χ4v) is 1.95. The maximum Gasteiger partial charge on any atom is 0.321 e. The van der Waals surface area contributed by atoms with E-state index in [2.05, 4.69) is 5.32 Å². The molecule has 0 saturated heterocycles. The molecule has 1 aromatic rings. The van der Waals surface area contributed by atoms with Gasteiger partial charge in [-0.1, -0.05) is 12.1 Å². The highest BCUT2D eigenvalue weighted by Gasteiger charge is 2.30. The van der Waals surface area contributed by atoms with Gasteiger partial charge in [-0.15, -0.1) is 0 Å². The number of aromatic hydroxyl groups is 1. The van der Waals surface area contributed by atoms with Crippen LogP contribution in [0.1, 0.15) is 5.56 Å². The summed E-state index contributed by atoms with van der Waals surface area (Å²) >= 11 is 0. The number of rotatable bonds is 10. The molecule has 9 heteroatoms. The first-order valence-electron chi connectivity index (χ1n) is 7.18. The molecular formula is C15H21NO8. The second-order valence-corrected chi connectivity index (χ2v) is 5.29. The summed E-state index contributed by atoms with van der Waals surface area (Å²) in [6, 6.07) is 4.73. The second kappa shape index (κ2) is 9.30. The number of carboxylic acid groups (broad SMARTS) is 1. The predicted octanol–water partition coefficient (Wildman–Crippen LogP) is -2.38. The van der Waals surface area contributed by atoms with E-state index >= 15 is 0 Å². The molecule has 0 aliphatic carbocycles. The number of phenolic OH excluding ortho intramolecular Hbond substituents is 1. The van der Waals surface area contributed by atoms with Crippen molar-refractivity contribution in [1.29, 1.82) is 0 Å². The average Bonchev–Trinajstić information content (AvgIpc) is 2.57. The number of aliphatic carboxylic acids is 1. The van der Waals surface area contributed by atoms with Crippen molar-refractivity contribution < 1.29 is 40.2 Å². The number of benzene rings is 1. The number of carbonyl (C=O) groups excluding carboxylic acids is 1. The largest absolute Gasteiger partial charge is 0.508 e. The van der Waals surface area contributed by atoms with Gasteiger partial charge in [-0.05, 0) is 24.1 Å². The number of hydrogen-bond donors (Lipinski definition) is 7. The Morgan fingerprint density at radius 1 is 1.08 bits per heavy atom. The predicted molar refractivity (Wildman–Crippen MR) is 81.4 cm³/mol.